The first-order chi connectivity index (χ1) is 22.6. The third kappa shape index (κ3) is 8.99. The molecule has 2 amide bonds. The zero-order valence-electron chi connectivity index (χ0n) is 26.3. The van der Waals surface area contributed by atoms with Crippen molar-refractivity contribution in [2.75, 3.05) is 10.8 Å². The lowest BCUT2D eigenvalue weighted by atomic mass is 9.94. The molecule has 0 spiro atoms. The van der Waals surface area contributed by atoms with E-state index in [1.54, 1.807) is 36.4 Å². The number of rotatable bonds is 12. The van der Waals surface area contributed by atoms with Crippen LogP contribution in [-0.4, -0.2) is 43.8 Å². The van der Waals surface area contributed by atoms with Gasteiger partial charge in [0.1, 0.15) is 18.4 Å². The molecule has 246 valence electrons. The molecule has 0 aliphatic heterocycles. The first-order valence-corrected chi connectivity index (χ1v) is 17.6. The van der Waals surface area contributed by atoms with Crippen LogP contribution in [0.3, 0.4) is 0 Å². The molecule has 0 bridgehead atoms. The Kier molecular flexibility index (Phi) is 11.3. The molecule has 1 N–H and O–H groups in total. The Hall–Kier alpha value is -4.21. The second kappa shape index (κ2) is 15.6. The molecule has 1 aliphatic rings. The normalized spacial score (nSPS) is 14.3. The number of hydrogen-bond acceptors (Lipinski definition) is 4. The van der Waals surface area contributed by atoms with Crippen molar-refractivity contribution in [1.82, 2.24) is 10.2 Å². The minimum absolute atomic E-state index is 0.000337. The molecule has 1 atom stereocenters. The van der Waals surface area contributed by atoms with Crippen molar-refractivity contribution < 1.29 is 22.4 Å². The molecule has 47 heavy (non-hydrogen) atoms. The van der Waals surface area contributed by atoms with Crippen molar-refractivity contribution in [2.45, 2.75) is 69.0 Å². The van der Waals surface area contributed by atoms with E-state index in [1.165, 1.54) is 29.2 Å². The van der Waals surface area contributed by atoms with Crippen LogP contribution < -0.4 is 9.62 Å². The summed E-state index contributed by atoms with van der Waals surface area (Å²) in [5.74, 6) is -1.42. The number of nitrogens with zero attached hydrogens (tertiary/aromatic N) is 2. The van der Waals surface area contributed by atoms with Crippen molar-refractivity contribution in [3.05, 3.63) is 131 Å². The first kappa shape index (κ1) is 34.1. The summed E-state index contributed by atoms with van der Waals surface area (Å²) < 4.78 is 43.2. The first-order valence-electron chi connectivity index (χ1n) is 15.8. The van der Waals surface area contributed by atoms with E-state index in [0.717, 1.165) is 65.2 Å². The number of halogens is 2. The number of carbonyl (C=O) groups excluding carboxylic acids is 2. The van der Waals surface area contributed by atoms with Gasteiger partial charge in [0.15, 0.2) is 0 Å². The van der Waals surface area contributed by atoms with E-state index >= 15 is 0 Å². The molecular formula is C37H39ClFN3O4S. The number of anilines is 1. The van der Waals surface area contributed by atoms with Crippen LogP contribution >= 0.6 is 11.6 Å². The van der Waals surface area contributed by atoms with E-state index < -0.39 is 34.3 Å². The highest BCUT2D eigenvalue weighted by molar-refractivity contribution is 7.92. The maximum Gasteiger partial charge on any atom is 0.264 e. The summed E-state index contributed by atoms with van der Waals surface area (Å²) in [5.41, 5.74) is 2.57. The highest BCUT2D eigenvalue weighted by atomic mass is 35.5. The minimum atomic E-state index is -4.27. The van der Waals surface area contributed by atoms with Gasteiger partial charge in [-0.1, -0.05) is 91.0 Å². The van der Waals surface area contributed by atoms with Crippen LogP contribution in [-0.2, 0) is 32.6 Å². The maximum absolute atomic E-state index is 14.6. The van der Waals surface area contributed by atoms with Gasteiger partial charge in [-0.3, -0.25) is 13.9 Å². The molecule has 0 heterocycles. The molecule has 0 aromatic heterocycles. The SMILES string of the molecule is Cc1ccc(S(=O)(=O)N(CC(=O)N(Cc2ccc(Cl)cc2)[C@H](Cc2ccccc2)C(=O)NC2CCCCC2)c2ccc(F)cc2)cc1. The topological polar surface area (TPSA) is 86.8 Å². The summed E-state index contributed by atoms with van der Waals surface area (Å²) in [7, 11) is -4.27. The van der Waals surface area contributed by atoms with E-state index in [4.69, 9.17) is 11.6 Å². The van der Waals surface area contributed by atoms with Gasteiger partial charge in [0, 0.05) is 24.0 Å². The van der Waals surface area contributed by atoms with E-state index in [-0.39, 0.29) is 35.5 Å². The van der Waals surface area contributed by atoms with Crippen molar-refractivity contribution in [3.8, 4) is 0 Å². The minimum Gasteiger partial charge on any atom is -0.352 e. The molecule has 7 nitrogen and oxygen atoms in total. The Morgan fingerprint density at radius 3 is 2.13 bits per heavy atom. The van der Waals surface area contributed by atoms with E-state index in [2.05, 4.69) is 5.32 Å². The van der Waals surface area contributed by atoms with Gasteiger partial charge in [-0.15, -0.1) is 0 Å². The van der Waals surface area contributed by atoms with Gasteiger partial charge < -0.3 is 10.2 Å². The fourth-order valence-electron chi connectivity index (χ4n) is 5.86. The lowest BCUT2D eigenvalue weighted by molar-refractivity contribution is -0.140. The molecule has 1 fully saturated rings. The van der Waals surface area contributed by atoms with Gasteiger partial charge in [0.2, 0.25) is 11.8 Å². The lowest BCUT2D eigenvalue weighted by Gasteiger charge is -2.35. The summed E-state index contributed by atoms with van der Waals surface area (Å²) in [6, 6.07) is 26.7. The van der Waals surface area contributed by atoms with Crippen LogP contribution in [0.5, 0.6) is 0 Å². The summed E-state index contributed by atoms with van der Waals surface area (Å²) in [6.45, 7) is 1.27. The summed E-state index contributed by atoms with van der Waals surface area (Å²) in [5, 5.41) is 3.72. The van der Waals surface area contributed by atoms with Gasteiger partial charge in [-0.05, 0) is 79.4 Å². The lowest BCUT2D eigenvalue weighted by Crippen LogP contribution is -2.55. The van der Waals surface area contributed by atoms with E-state index in [9.17, 15) is 22.4 Å². The number of benzene rings is 4. The van der Waals surface area contributed by atoms with Crippen LogP contribution in [0.2, 0.25) is 5.02 Å². The third-order valence-electron chi connectivity index (χ3n) is 8.49. The summed E-state index contributed by atoms with van der Waals surface area (Å²) >= 11 is 6.16. The Labute approximate surface area is 281 Å². The number of nitrogens with one attached hydrogen (secondary N) is 1. The second-order valence-electron chi connectivity index (χ2n) is 12.0. The summed E-state index contributed by atoms with van der Waals surface area (Å²) in [4.78, 5) is 30.2. The van der Waals surface area contributed by atoms with Crippen LogP contribution in [0.15, 0.2) is 108 Å². The van der Waals surface area contributed by atoms with Crippen LogP contribution in [0.4, 0.5) is 10.1 Å². The van der Waals surface area contributed by atoms with Crippen LogP contribution in [0.1, 0.15) is 48.8 Å². The molecule has 10 heteroatoms. The van der Waals surface area contributed by atoms with Crippen molar-refractivity contribution >= 4 is 39.1 Å². The molecule has 0 radical (unpaired) electrons. The number of amides is 2. The molecule has 1 saturated carbocycles. The number of sulfonamides is 1. The molecule has 4 aromatic rings. The monoisotopic (exact) mass is 675 g/mol. The fourth-order valence-corrected chi connectivity index (χ4v) is 7.40. The van der Waals surface area contributed by atoms with Crippen LogP contribution in [0.25, 0.3) is 0 Å². The molecule has 4 aromatic carbocycles. The van der Waals surface area contributed by atoms with Gasteiger partial charge >= 0.3 is 0 Å². The van der Waals surface area contributed by atoms with Crippen LogP contribution in [0, 0.1) is 12.7 Å². The second-order valence-corrected chi connectivity index (χ2v) is 14.3. The number of aryl methyl sites for hydroxylation is 1. The fraction of sp³-hybridized carbons (Fsp3) is 0.297. The molecular weight excluding hydrogens is 637 g/mol. The largest absolute Gasteiger partial charge is 0.352 e. The predicted molar refractivity (Wildman–Crippen MR) is 183 cm³/mol. The Bertz CT molecular complexity index is 1750. The predicted octanol–water partition coefficient (Wildman–Crippen LogP) is 7.07. The standard InChI is InChI=1S/C37H39ClFN3O4S/c1-27-12-22-34(23-13-27)47(45,46)42(33-20-18-31(39)19-21-33)26-36(43)41(25-29-14-16-30(38)17-15-29)35(24-28-8-4-2-5-9-28)37(44)40-32-10-6-3-7-11-32/h2,4-5,8-9,12-23,32,35H,3,6-7,10-11,24-26H2,1H3,(H,40,44)/t35-/m1/s1. The average Bonchev–Trinajstić information content (AvgIpc) is 3.07. The Balaban J connectivity index is 1.55. The maximum atomic E-state index is 14.6. The molecule has 1 aliphatic carbocycles. The molecule has 5 rings (SSSR count). The Morgan fingerprint density at radius 1 is 0.851 bits per heavy atom. The van der Waals surface area contributed by atoms with Gasteiger partial charge in [-0.25, -0.2) is 12.8 Å². The van der Waals surface area contributed by atoms with Gasteiger partial charge in [0.05, 0.1) is 10.6 Å². The smallest absolute Gasteiger partial charge is 0.264 e. The third-order valence-corrected chi connectivity index (χ3v) is 10.5. The molecule has 0 saturated heterocycles. The van der Waals surface area contributed by atoms with Crippen molar-refractivity contribution in [2.24, 2.45) is 0 Å². The quantitative estimate of drug-likeness (QED) is 0.174. The van der Waals surface area contributed by atoms with Crippen molar-refractivity contribution in [3.63, 3.8) is 0 Å². The van der Waals surface area contributed by atoms with Gasteiger partial charge in [-0.2, -0.15) is 0 Å². The average molecular weight is 676 g/mol. The van der Waals surface area contributed by atoms with Gasteiger partial charge in [0.25, 0.3) is 10.0 Å². The highest BCUT2D eigenvalue weighted by Gasteiger charge is 2.35. The number of carbonyl (C=O) groups is 2. The zero-order chi connectivity index (χ0) is 33.4. The van der Waals surface area contributed by atoms with E-state index in [0.29, 0.717) is 5.02 Å². The van der Waals surface area contributed by atoms with E-state index in [1.807, 2.05) is 37.3 Å². The zero-order valence-corrected chi connectivity index (χ0v) is 27.9. The molecule has 0 unspecified atom stereocenters. The summed E-state index contributed by atoms with van der Waals surface area (Å²) in [6.07, 6.45) is 5.11. The Morgan fingerprint density at radius 2 is 1.49 bits per heavy atom. The highest BCUT2D eigenvalue weighted by Crippen LogP contribution is 2.26. The number of hydrogen-bond donors (Lipinski definition) is 1. The van der Waals surface area contributed by atoms with Crippen molar-refractivity contribution in [1.29, 1.82) is 0 Å².